The summed E-state index contributed by atoms with van der Waals surface area (Å²) in [4.78, 5) is 13.2. The number of hydrogen-bond donors (Lipinski definition) is 1. The smallest absolute Gasteiger partial charge is 0.244 e. The molecule has 1 saturated heterocycles. The van der Waals surface area contributed by atoms with Gasteiger partial charge in [-0.1, -0.05) is 37.0 Å². The van der Waals surface area contributed by atoms with Crippen LogP contribution in [-0.2, 0) is 14.8 Å². The Hall–Kier alpha value is -1.40. The molecule has 0 radical (unpaired) electrons. The molecule has 1 aliphatic heterocycles. The molecule has 1 heterocycles. The second kappa shape index (κ2) is 7.69. The van der Waals surface area contributed by atoms with Gasteiger partial charge in [-0.2, -0.15) is 4.31 Å². The lowest BCUT2D eigenvalue weighted by Crippen LogP contribution is -2.49. The molecule has 0 spiro atoms. The Morgan fingerprint density at radius 3 is 2.23 bits per heavy atom. The Balaban J connectivity index is 1.83. The van der Waals surface area contributed by atoms with E-state index in [1.54, 1.807) is 0 Å². The normalized spacial score (nSPS) is 22.5. The molecule has 2 aliphatic rings. The average molecular weight is 379 g/mol. The van der Waals surface area contributed by atoms with E-state index < -0.39 is 16.1 Å². The van der Waals surface area contributed by atoms with Crippen LogP contribution in [0.2, 0.25) is 0 Å². The topological polar surface area (TPSA) is 66.5 Å². The quantitative estimate of drug-likeness (QED) is 0.875. The SMILES string of the molecule is Cc1cc(C)c(S(=O)(=O)N2CCC[C@@H]2C(=O)NC2CCCCC2)c(C)c1. The van der Waals surface area contributed by atoms with Crippen molar-refractivity contribution in [2.75, 3.05) is 6.54 Å². The number of benzene rings is 1. The second-order valence-corrected chi connectivity index (χ2v) is 9.67. The summed E-state index contributed by atoms with van der Waals surface area (Å²) < 4.78 is 28.1. The van der Waals surface area contributed by atoms with E-state index in [0.717, 1.165) is 48.8 Å². The molecule has 1 amide bonds. The third kappa shape index (κ3) is 3.81. The Bertz CT molecular complexity index is 759. The van der Waals surface area contributed by atoms with Crippen molar-refractivity contribution in [3.8, 4) is 0 Å². The molecule has 3 rings (SSSR count). The van der Waals surface area contributed by atoms with Crippen molar-refractivity contribution in [3.05, 3.63) is 28.8 Å². The Labute approximate surface area is 157 Å². The Morgan fingerprint density at radius 1 is 1.00 bits per heavy atom. The van der Waals surface area contributed by atoms with E-state index in [-0.39, 0.29) is 11.9 Å². The summed E-state index contributed by atoms with van der Waals surface area (Å²) in [7, 11) is -3.68. The lowest BCUT2D eigenvalue weighted by Gasteiger charge is -2.28. The third-order valence-electron chi connectivity index (χ3n) is 5.63. The van der Waals surface area contributed by atoms with E-state index >= 15 is 0 Å². The van der Waals surface area contributed by atoms with E-state index in [2.05, 4.69) is 5.32 Å². The lowest BCUT2D eigenvalue weighted by molar-refractivity contribution is -0.125. The number of hydrogen-bond acceptors (Lipinski definition) is 3. The number of rotatable bonds is 4. The predicted octanol–water partition coefficient (Wildman–Crippen LogP) is 3.21. The Kier molecular flexibility index (Phi) is 5.72. The number of aryl methyl sites for hydroxylation is 3. The molecule has 0 aromatic heterocycles. The summed E-state index contributed by atoms with van der Waals surface area (Å²) in [5.41, 5.74) is 2.55. The largest absolute Gasteiger partial charge is 0.352 e. The van der Waals surface area contributed by atoms with E-state index in [9.17, 15) is 13.2 Å². The highest BCUT2D eigenvalue weighted by atomic mass is 32.2. The molecule has 1 aliphatic carbocycles. The van der Waals surface area contributed by atoms with Crippen LogP contribution in [0, 0.1) is 20.8 Å². The van der Waals surface area contributed by atoms with Crippen LogP contribution >= 0.6 is 0 Å². The van der Waals surface area contributed by atoms with Crippen LogP contribution in [0.1, 0.15) is 61.6 Å². The predicted molar refractivity (Wildman–Crippen MR) is 103 cm³/mol. The summed E-state index contributed by atoms with van der Waals surface area (Å²) in [5.74, 6) is -0.125. The maximum Gasteiger partial charge on any atom is 0.244 e. The van der Waals surface area contributed by atoms with Gasteiger partial charge in [-0.15, -0.1) is 0 Å². The van der Waals surface area contributed by atoms with Crippen molar-refractivity contribution in [1.82, 2.24) is 9.62 Å². The molecular formula is C20H30N2O3S. The number of sulfonamides is 1. The zero-order valence-corrected chi connectivity index (χ0v) is 16.9. The number of nitrogens with zero attached hydrogens (tertiary/aromatic N) is 1. The first-order valence-corrected chi connectivity index (χ1v) is 11.1. The number of carbonyl (C=O) groups is 1. The molecule has 5 nitrogen and oxygen atoms in total. The van der Waals surface area contributed by atoms with Crippen LogP contribution in [0.5, 0.6) is 0 Å². The van der Waals surface area contributed by atoms with Crippen LogP contribution in [0.4, 0.5) is 0 Å². The fourth-order valence-electron chi connectivity index (χ4n) is 4.53. The van der Waals surface area contributed by atoms with Crippen LogP contribution in [0.25, 0.3) is 0 Å². The number of amides is 1. The first kappa shape index (κ1) is 19.4. The molecule has 1 aromatic carbocycles. The lowest BCUT2D eigenvalue weighted by atomic mass is 9.95. The molecule has 26 heavy (non-hydrogen) atoms. The minimum Gasteiger partial charge on any atom is -0.352 e. The monoisotopic (exact) mass is 378 g/mol. The van der Waals surface area contributed by atoms with Crippen LogP contribution < -0.4 is 5.32 Å². The minimum atomic E-state index is -3.68. The van der Waals surface area contributed by atoms with Gasteiger partial charge in [0.15, 0.2) is 0 Å². The maximum absolute atomic E-state index is 13.3. The van der Waals surface area contributed by atoms with E-state index in [4.69, 9.17) is 0 Å². The summed E-state index contributed by atoms with van der Waals surface area (Å²) in [6, 6.07) is 3.41. The maximum atomic E-state index is 13.3. The van der Waals surface area contributed by atoms with Gasteiger partial charge in [0.1, 0.15) is 6.04 Å². The van der Waals surface area contributed by atoms with Gasteiger partial charge in [0.25, 0.3) is 0 Å². The van der Waals surface area contributed by atoms with Crippen LogP contribution in [0.3, 0.4) is 0 Å². The third-order valence-corrected chi connectivity index (χ3v) is 7.84. The zero-order chi connectivity index (χ0) is 18.9. The number of carbonyl (C=O) groups excluding carboxylic acids is 1. The van der Waals surface area contributed by atoms with E-state index in [1.807, 2.05) is 32.9 Å². The molecule has 6 heteroatoms. The summed E-state index contributed by atoms with van der Waals surface area (Å²) in [6.45, 7) is 6.05. The van der Waals surface area contributed by atoms with Gasteiger partial charge < -0.3 is 5.32 Å². The molecule has 1 N–H and O–H groups in total. The molecule has 0 unspecified atom stereocenters. The summed E-state index contributed by atoms with van der Waals surface area (Å²) in [6.07, 6.45) is 6.83. The van der Waals surface area contributed by atoms with Gasteiger partial charge in [0.2, 0.25) is 15.9 Å². The highest BCUT2D eigenvalue weighted by Gasteiger charge is 2.41. The molecule has 2 fully saturated rings. The molecule has 144 valence electrons. The van der Waals surface area contributed by atoms with Gasteiger partial charge in [-0.25, -0.2) is 8.42 Å². The fourth-order valence-corrected chi connectivity index (χ4v) is 6.60. The van der Waals surface area contributed by atoms with E-state index in [0.29, 0.717) is 17.9 Å². The second-order valence-electron chi connectivity index (χ2n) is 7.85. The molecular weight excluding hydrogens is 348 g/mol. The molecule has 0 bridgehead atoms. The van der Waals surface area contributed by atoms with Crippen molar-refractivity contribution in [2.45, 2.75) is 82.7 Å². The van der Waals surface area contributed by atoms with Crippen LogP contribution in [-0.4, -0.2) is 37.3 Å². The molecule has 1 aromatic rings. The van der Waals surface area contributed by atoms with Gasteiger partial charge in [0, 0.05) is 12.6 Å². The van der Waals surface area contributed by atoms with Crippen LogP contribution in [0.15, 0.2) is 17.0 Å². The molecule has 1 atom stereocenters. The first-order valence-electron chi connectivity index (χ1n) is 9.71. The summed E-state index contributed by atoms with van der Waals surface area (Å²) >= 11 is 0. The Morgan fingerprint density at radius 2 is 1.62 bits per heavy atom. The van der Waals surface area contributed by atoms with Gasteiger partial charge in [-0.05, 0) is 57.6 Å². The van der Waals surface area contributed by atoms with Crippen molar-refractivity contribution in [1.29, 1.82) is 0 Å². The zero-order valence-electron chi connectivity index (χ0n) is 16.0. The average Bonchev–Trinajstić information content (AvgIpc) is 3.05. The van der Waals surface area contributed by atoms with Gasteiger partial charge in [-0.3, -0.25) is 4.79 Å². The first-order chi connectivity index (χ1) is 12.3. The van der Waals surface area contributed by atoms with Crippen molar-refractivity contribution in [3.63, 3.8) is 0 Å². The minimum absolute atomic E-state index is 0.125. The van der Waals surface area contributed by atoms with Gasteiger partial charge in [0.05, 0.1) is 4.90 Å². The molecule has 1 saturated carbocycles. The summed E-state index contributed by atoms with van der Waals surface area (Å²) in [5, 5.41) is 3.11. The van der Waals surface area contributed by atoms with Crippen molar-refractivity contribution < 1.29 is 13.2 Å². The highest BCUT2D eigenvalue weighted by molar-refractivity contribution is 7.89. The van der Waals surface area contributed by atoms with Gasteiger partial charge >= 0.3 is 0 Å². The van der Waals surface area contributed by atoms with Crippen molar-refractivity contribution >= 4 is 15.9 Å². The fraction of sp³-hybridized carbons (Fsp3) is 0.650. The standard InChI is InChI=1S/C20H30N2O3S/c1-14-12-15(2)19(16(3)13-14)26(24,25)22-11-7-10-18(22)20(23)21-17-8-5-4-6-9-17/h12-13,17-18H,4-11H2,1-3H3,(H,21,23)/t18-/m1/s1. The number of nitrogens with one attached hydrogen (secondary N) is 1. The highest BCUT2D eigenvalue weighted by Crippen LogP contribution is 2.31. The van der Waals surface area contributed by atoms with Crippen molar-refractivity contribution in [2.24, 2.45) is 0 Å². The van der Waals surface area contributed by atoms with E-state index in [1.165, 1.54) is 10.7 Å².